The van der Waals surface area contributed by atoms with Crippen molar-refractivity contribution in [1.29, 1.82) is 0 Å². The molecule has 20 heavy (non-hydrogen) atoms. The summed E-state index contributed by atoms with van der Waals surface area (Å²) in [6, 6.07) is 0.0369. The number of urea groups is 1. The summed E-state index contributed by atoms with van der Waals surface area (Å²) < 4.78 is 22.1. The number of piperidine rings is 1. The van der Waals surface area contributed by atoms with Crippen molar-refractivity contribution in [3.8, 4) is 0 Å². The molecule has 1 aliphatic heterocycles. The van der Waals surface area contributed by atoms with Crippen molar-refractivity contribution in [3.63, 3.8) is 0 Å². The predicted molar refractivity (Wildman–Crippen MR) is 79.7 cm³/mol. The fourth-order valence-corrected chi connectivity index (χ4v) is 3.42. The molecule has 0 aliphatic carbocycles. The molecule has 0 radical (unpaired) electrons. The molecule has 6 nitrogen and oxygen atoms in total. The molecule has 0 saturated carbocycles. The first-order chi connectivity index (χ1) is 9.35. The van der Waals surface area contributed by atoms with E-state index in [0.29, 0.717) is 25.9 Å². The number of carbonyl (C=O) groups excluding carboxylic acids is 1. The number of carbonyl (C=O) groups is 1. The molecule has 116 valence electrons. The zero-order chi connectivity index (χ0) is 15.2. The zero-order valence-corrected chi connectivity index (χ0v) is 12.9. The third kappa shape index (κ3) is 5.92. The second kappa shape index (κ2) is 7.64. The monoisotopic (exact) mass is 303 g/mol. The van der Waals surface area contributed by atoms with Crippen molar-refractivity contribution in [1.82, 2.24) is 10.2 Å². The smallest absolute Gasteiger partial charge is 0.317 e. The molecule has 0 spiro atoms. The Labute approximate surface area is 121 Å². The van der Waals surface area contributed by atoms with Gasteiger partial charge in [-0.25, -0.2) is 18.4 Å². The average molecular weight is 303 g/mol. The minimum atomic E-state index is -3.42. The van der Waals surface area contributed by atoms with Gasteiger partial charge in [0.05, 0.1) is 5.75 Å². The molecule has 1 saturated heterocycles. The van der Waals surface area contributed by atoms with E-state index < -0.39 is 10.0 Å². The van der Waals surface area contributed by atoms with Crippen molar-refractivity contribution < 1.29 is 13.2 Å². The summed E-state index contributed by atoms with van der Waals surface area (Å²) in [7, 11) is -3.42. The number of likely N-dealkylation sites (tertiary alicyclic amines) is 1. The number of hydrogen-bond acceptors (Lipinski definition) is 3. The summed E-state index contributed by atoms with van der Waals surface area (Å²) in [6.45, 7) is 6.86. The van der Waals surface area contributed by atoms with E-state index in [-0.39, 0.29) is 23.7 Å². The average Bonchev–Trinajstić information content (AvgIpc) is 2.37. The lowest BCUT2D eigenvalue weighted by molar-refractivity contribution is 0.170. The molecule has 1 aliphatic rings. The Kier molecular flexibility index (Phi) is 6.48. The highest BCUT2D eigenvalue weighted by atomic mass is 32.2. The Morgan fingerprint density at radius 1 is 1.50 bits per heavy atom. The van der Waals surface area contributed by atoms with Crippen molar-refractivity contribution in [2.45, 2.75) is 38.6 Å². The standard InChI is InChI=1S/C13H25N3O3S/c1-3-5-12(4-2)15-13(17)16-8-6-11(7-9-16)10-20(14,18)19/h3,11-12H,1,4-10H2,2H3,(H,15,17)(H2,14,18,19). The molecule has 3 N–H and O–H groups in total. The van der Waals surface area contributed by atoms with Crippen LogP contribution in [0.4, 0.5) is 4.79 Å². The van der Waals surface area contributed by atoms with E-state index in [1.54, 1.807) is 11.0 Å². The van der Waals surface area contributed by atoms with E-state index in [2.05, 4.69) is 11.9 Å². The third-order valence-electron chi connectivity index (χ3n) is 3.64. The van der Waals surface area contributed by atoms with Crippen molar-refractivity contribution >= 4 is 16.1 Å². The van der Waals surface area contributed by atoms with Crippen LogP contribution in [0.1, 0.15) is 32.6 Å². The lowest BCUT2D eigenvalue weighted by atomic mass is 9.99. The normalized spacial score (nSPS) is 18.6. The van der Waals surface area contributed by atoms with Gasteiger partial charge in [-0.05, 0) is 31.6 Å². The fraction of sp³-hybridized carbons (Fsp3) is 0.769. The van der Waals surface area contributed by atoms with Gasteiger partial charge in [0.15, 0.2) is 0 Å². The Morgan fingerprint density at radius 2 is 2.10 bits per heavy atom. The quantitative estimate of drug-likeness (QED) is 0.718. The molecule has 0 bridgehead atoms. The molecule has 0 aromatic rings. The molecule has 1 atom stereocenters. The first-order valence-corrected chi connectivity index (χ1v) is 8.74. The highest BCUT2D eigenvalue weighted by molar-refractivity contribution is 7.89. The molecule has 0 aromatic heterocycles. The van der Waals surface area contributed by atoms with E-state index in [0.717, 1.165) is 12.8 Å². The summed E-state index contributed by atoms with van der Waals surface area (Å²) in [6.07, 6.45) is 4.78. The maximum Gasteiger partial charge on any atom is 0.317 e. The van der Waals surface area contributed by atoms with Gasteiger partial charge in [-0.3, -0.25) is 0 Å². The topological polar surface area (TPSA) is 92.5 Å². The van der Waals surface area contributed by atoms with Crippen molar-refractivity contribution in [3.05, 3.63) is 12.7 Å². The Hall–Kier alpha value is -1.08. The maximum atomic E-state index is 12.1. The van der Waals surface area contributed by atoms with E-state index >= 15 is 0 Å². The van der Waals surface area contributed by atoms with Crippen LogP contribution in [0, 0.1) is 5.92 Å². The molecule has 0 aromatic carbocycles. The molecule has 1 heterocycles. The number of primary sulfonamides is 1. The van der Waals surface area contributed by atoms with Gasteiger partial charge in [0, 0.05) is 19.1 Å². The molecule has 1 fully saturated rings. The summed E-state index contributed by atoms with van der Waals surface area (Å²) in [4.78, 5) is 13.8. The first kappa shape index (κ1) is 17.0. The van der Waals surface area contributed by atoms with E-state index in [9.17, 15) is 13.2 Å². The number of nitrogens with two attached hydrogens (primary N) is 1. The van der Waals surface area contributed by atoms with Crippen molar-refractivity contribution in [2.24, 2.45) is 11.1 Å². The number of nitrogens with one attached hydrogen (secondary N) is 1. The Bertz CT molecular complexity index is 428. The highest BCUT2D eigenvalue weighted by Gasteiger charge is 2.25. The van der Waals surface area contributed by atoms with Crippen LogP contribution < -0.4 is 10.5 Å². The van der Waals surface area contributed by atoms with Crippen LogP contribution in [-0.4, -0.2) is 44.2 Å². The number of hydrogen-bond donors (Lipinski definition) is 2. The molecule has 1 unspecified atom stereocenters. The summed E-state index contributed by atoms with van der Waals surface area (Å²) in [5.41, 5.74) is 0. The highest BCUT2D eigenvalue weighted by Crippen LogP contribution is 2.18. The number of amides is 2. The second-order valence-electron chi connectivity index (χ2n) is 5.34. The van der Waals surface area contributed by atoms with Crippen molar-refractivity contribution in [2.75, 3.05) is 18.8 Å². The molecule has 2 amide bonds. The van der Waals surface area contributed by atoms with Crippen LogP contribution in [0.2, 0.25) is 0 Å². The number of sulfonamides is 1. The van der Waals surface area contributed by atoms with Gasteiger partial charge in [-0.2, -0.15) is 0 Å². The van der Waals surface area contributed by atoms with Crippen LogP contribution in [0.15, 0.2) is 12.7 Å². The lowest BCUT2D eigenvalue weighted by Crippen LogP contribution is -2.48. The molecular formula is C13H25N3O3S. The lowest BCUT2D eigenvalue weighted by Gasteiger charge is -2.32. The minimum absolute atomic E-state index is 0.0104. The van der Waals surface area contributed by atoms with Gasteiger partial charge >= 0.3 is 6.03 Å². The Morgan fingerprint density at radius 3 is 2.55 bits per heavy atom. The predicted octanol–water partition coefficient (Wildman–Crippen LogP) is 1.05. The van der Waals surface area contributed by atoms with Gasteiger partial charge < -0.3 is 10.2 Å². The third-order valence-corrected chi connectivity index (χ3v) is 4.58. The summed E-state index contributed by atoms with van der Waals surface area (Å²) in [5, 5.41) is 8.02. The van der Waals surface area contributed by atoms with Crippen LogP contribution in [0.5, 0.6) is 0 Å². The second-order valence-corrected chi connectivity index (χ2v) is 7.00. The minimum Gasteiger partial charge on any atom is -0.335 e. The Balaban J connectivity index is 2.40. The van der Waals surface area contributed by atoms with Gasteiger partial charge in [-0.15, -0.1) is 6.58 Å². The van der Waals surface area contributed by atoms with Gasteiger partial charge in [0.2, 0.25) is 10.0 Å². The molecule has 1 rings (SSSR count). The van der Waals surface area contributed by atoms with E-state index in [4.69, 9.17) is 5.14 Å². The van der Waals surface area contributed by atoms with Crippen LogP contribution in [0.25, 0.3) is 0 Å². The maximum absolute atomic E-state index is 12.1. The van der Waals surface area contributed by atoms with Crippen LogP contribution >= 0.6 is 0 Å². The molecule has 7 heteroatoms. The fourth-order valence-electron chi connectivity index (χ4n) is 2.43. The SMILES string of the molecule is C=CCC(CC)NC(=O)N1CCC(CS(N)(=O)=O)CC1. The summed E-state index contributed by atoms with van der Waals surface area (Å²) in [5.74, 6) is 0.0699. The summed E-state index contributed by atoms with van der Waals surface area (Å²) >= 11 is 0. The number of nitrogens with zero attached hydrogens (tertiary/aromatic N) is 1. The largest absolute Gasteiger partial charge is 0.335 e. The van der Waals surface area contributed by atoms with E-state index in [1.807, 2.05) is 6.92 Å². The van der Waals surface area contributed by atoms with Gasteiger partial charge in [0.25, 0.3) is 0 Å². The molecular weight excluding hydrogens is 278 g/mol. The van der Waals surface area contributed by atoms with E-state index in [1.165, 1.54) is 0 Å². The first-order valence-electron chi connectivity index (χ1n) is 7.02. The van der Waals surface area contributed by atoms with Crippen LogP contribution in [0.3, 0.4) is 0 Å². The van der Waals surface area contributed by atoms with Gasteiger partial charge in [0.1, 0.15) is 0 Å². The van der Waals surface area contributed by atoms with Crippen LogP contribution in [-0.2, 0) is 10.0 Å². The van der Waals surface area contributed by atoms with Gasteiger partial charge in [-0.1, -0.05) is 13.0 Å². The zero-order valence-electron chi connectivity index (χ0n) is 12.0. The number of rotatable bonds is 6.